The van der Waals surface area contributed by atoms with E-state index in [1.807, 2.05) is 37.3 Å². The molecule has 2 N–H and O–H groups in total. The molecule has 0 aliphatic heterocycles. The molecule has 2 atom stereocenters. The van der Waals surface area contributed by atoms with Crippen LogP contribution in [0.25, 0.3) is 0 Å². The van der Waals surface area contributed by atoms with E-state index in [9.17, 15) is 9.90 Å². The Kier molecular flexibility index (Phi) is 4.37. The van der Waals surface area contributed by atoms with Gasteiger partial charge in [-0.05, 0) is 25.3 Å². The van der Waals surface area contributed by atoms with Gasteiger partial charge >= 0.3 is 0 Å². The fraction of sp³-hybridized carbons (Fsp3) is 0.533. The van der Waals surface area contributed by atoms with Gasteiger partial charge in [0, 0.05) is 5.92 Å². The summed E-state index contributed by atoms with van der Waals surface area (Å²) < 4.78 is 0. The van der Waals surface area contributed by atoms with E-state index in [-0.39, 0.29) is 17.9 Å². The molecule has 98 valence electrons. The van der Waals surface area contributed by atoms with Gasteiger partial charge in [-0.15, -0.1) is 0 Å². The van der Waals surface area contributed by atoms with Crippen LogP contribution in [-0.2, 0) is 4.79 Å². The summed E-state index contributed by atoms with van der Waals surface area (Å²) in [6, 6.07) is 9.21. The number of aliphatic hydroxyl groups excluding tert-OH is 1. The normalized spacial score (nSPS) is 19.4. The van der Waals surface area contributed by atoms with Crippen LogP contribution >= 0.6 is 0 Å². The fourth-order valence-corrected chi connectivity index (χ4v) is 2.55. The van der Waals surface area contributed by atoms with E-state index in [4.69, 9.17) is 0 Å². The van der Waals surface area contributed by atoms with E-state index in [0.717, 1.165) is 31.2 Å². The highest BCUT2D eigenvalue weighted by molar-refractivity contribution is 5.79. The Morgan fingerprint density at radius 3 is 2.50 bits per heavy atom. The van der Waals surface area contributed by atoms with Crippen LogP contribution in [0, 0.1) is 5.92 Å². The van der Waals surface area contributed by atoms with E-state index in [2.05, 4.69) is 5.32 Å². The monoisotopic (exact) mass is 247 g/mol. The van der Waals surface area contributed by atoms with Crippen molar-refractivity contribution < 1.29 is 9.90 Å². The number of carbonyl (C=O) groups is 1. The second-order valence-electron chi connectivity index (χ2n) is 5.13. The summed E-state index contributed by atoms with van der Waals surface area (Å²) in [5.41, 5.74) is 0.844. The molecule has 1 aliphatic carbocycles. The highest BCUT2D eigenvalue weighted by Gasteiger charge is 2.25. The highest BCUT2D eigenvalue weighted by Crippen LogP contribution is 2.25. The maximum Gasteiger partial charge on any atom is 0.223 e. The molecule has 2 rings (SSSR count). The lowest BCUT2D eigenvalue weighted by atomic mass is 10.0. The minimum atomic E-state index is -0.642. The van der Waals surface area contributed by atoms with Crippen molar-refractivity contribution in [1.29, 1.82) is 0 Å². The lowest BCUT2D eigenvalue weighted by Gasteiger charge is -2.22. The smallest absolute Gasteiger partial charge is 0.223 e. The molecule has 0 unspecified atom stereocenters. The quantitative estimate of drug-likeness (QED) is 0.858. The van der Waals surface area contributed by atoms with Crippen molar-refractivity contribution in [2.45, 2.75) is 44.8 Å². The van der Waals surface area contributed by atoms with Gasteiger partial charge < -0.3 is 10.4 Å². The molecule has 1 amide bonds. The zero-order valence-electron chi connectivity index (χ0n) is 10.8. The number of rotatable bonds is 4. The topological polar surface area (TPSA) is 49.3 Å². The SMILES string of the molecule is C[C@H](NC(=O)C1CCCC1)[C@H](O)c1ccccc1. The zero-order valence-corrected chi connectivity index (χ0v) is 10.8. The standard InChI is InChI=1S/C15H21NO2/c1-11(14(17)12-7-3-2-4-8-12)16-15(18)13-9-5-6-10-13/h2-4,7-8,11,13-14,17H,5-6,9-10H2,1H3,(H,16,18)/t11-,14-/m0/s1. The maximum absolute atomic E-state index is 12.0. The lowest BCUT2D eigenvalue weighted by molar-refractivity contribution is -0.126. The first kappa shape index (κ1) is 13.1. The van der Waals surface area contributed by atoms with Gasteiger partial charge in [0.25, 0.3) is 0 Å². The molecule has 3 nitrogen and oxygen atoms in total. The predicted molar refractivity (Wildman–Crippen MR) is 71.0 cm³/mol. The van der Waals surface area contributed by atoms with Crippen molar-refractivity contribution in [1.82, 2.24) is 5.32 Å². The van der Waals surface area contributed by atoms with Crippen LogP contribution in [0.15, 0.2) is 30.3 Å². The molecule has 1 aliphatic rings. The third kappa shape index (κ3) is 3.10. The number of nitrogens with one attached hydrogen (secondary N) is 1. The Hall–Kier alpha value is -1.35. The highest BCUT2D eigenvalue weighted by atomic mass is 16.3. The molecule has 0 saturated heterocycles. The number of amides is 1. The molecule has 3 heteroatoms. The second kappa shape index (κ2) is 6.01. The van der Waals surface area contributed by atoms with Gasteiger partial charge in [-0.2, -0.15) is 0 Å². The molecule has 0 bridgehead atoms. The van der Waals surface area contributed by atoms with Gasteiger partial charge in [0.05, 0.1) is 12.1 Å². The number of hydrogen-bond acceptors (Lipinski definition) is 2. The van der Waals surface area contributed by atoms with Gasteiger partial charge in [0.15, 0.2) is 0 Å². The van der Waals surface area contributed by atoms with Gasteiger partial charge in [-0.25, -0.2) is 0 Å². The van der Waals surface area contributed by atoms with Crippen LogP contribution in [0.2, 0.25) is 0 Å². The third-order valence-electron chi connectivity index (χ3n) is 3.71. The molecule has 0 spiro atoms. The van der Waals surface area contributed by atoms with Crippen molar-refractivity contribution in [3.8, 4) is 0 Å². The molecule has 1 saturated carbocycles. The zero-order chi connectivity index (χ0) is 13.0. The van der Waals surface area contributed by atoms with Crippen molar-refractivity contribution in [2.24, 2.45) is 5.92 Å². The van der Waals surface area contributed by atoms with Gasteiger partial charge in [0.1, 0.15) is 0 Å². The minimum Gasteiger partial charge on any atom is -0.386 e. The summed E-state index contributed by atoms with van der Waals surface area (Å²) in [6.07, 6.45) is 3.62. The first-order valence-corrected chi connectivity index (χ1v) is 6.72. The Labute approximate surface area is 108 Å². The van der Waals surface area contributed by atoms with Crippen LogP contribution in [0.4, 0.5) is 0 Å². The van der Waals surface area contributed by atoms with Crippen molar-refractivity contribution >= 4 is 5.91 Å². The molecule has 1 aromatic rings. The number of carbonyl (C=O) groups excluding carboxylic acids is 1. The van der Waals surface area contributed by atoms with Gasteiger partial charge in [0.2, 0.25) is 5.91 Å². The Balaban J connectivity index is 1.91. The summed E-state index contributed by atoms with van der Waals surface area (Å²) in [7, 11) is 0. The van der Waals surface area contributed by atoms with E-state index in [1.54, 1.807) is 0 Å². The largest absolute Gasteiger partial charge is 0.386 e. The van der Waals surface area contributed by atoms with Gasteiger partial charge in [-0.1, -0.05) is 43.2 Å². The van der Waals surface area contributed by atoms with Gasteiger partial charge in [-0.3, -0.25) is 4.79 Å². The summed E-state index contributed by atoms with van der Waals surface area (Å²) in [6.45, 7) is 1.85. The maximum atomic E-state index is 12.0. The number of aliphatic hydroxyl groups is 1. The lowest BCUT2D eigenvalue weighted by Crippen LogP contribution is -2.40. The summed E-state index contributed by atoms with van der Waals surface area (Å²) in [4.78, 5) is 12.0. The first-order valence-electron chi connectivity index (χ1n) is 6.72. The van der Waals surface area contributed by atoms with Crippen LogP contribution in [0.1, 0.15) is 44.3 Å². The molecule has 0 radical (unpaired) electrons. The average Bonchev–Trinajstić information content (AvgIpc) is 2.92. The molecule has 1 fully saturated rings. The predicted octanol–water partition coefficient (Wildman–Crippen LogP) is 2.41. The molecular weight excluding hydrogens is 226 g/mol. The Morgan fingerprint density at radius 2 is 1.89 bits per heavy atom. The third-order valence-corrected chi connectivity index (χ3v) is 3.71. The summed E-state index contributed by atoms with van der Waals surface area (Å²) in [5.74, 6) is 0.241. The molecule has 0 heterocycles. The Morgan fingerprint density at radius 1 is 1.28 bits per heavy atom. The van der Waals surface area contributed by atoms with Crippen LogP contribution in [0.3, 0.4) is 0 Å². The number of hydrogen-bond donors (Lipinski definition) is 2. The van der Waals surface area contributed by atoms with Crippen LogP contribution in [-0.4, -0.2) is 17.1 Å². The van der Waals surface area contributed by atoms with Crippen LogP contribution < -0.4 is 5.32 Å². The van der Waals surface area contributed by atoms with E-state index in [0.29, 0.717) is 0 Å². The van der Waals surface area contributed by atoms with Crippen molar-refractivity contribution in [2.75, 3.05) is 0 Å². The summed E-state index contributed by atoms with van der Waals surface area (Å²) in [5, 5.41) is 13.1. The van der Waals surface area contributed by atoms with E-state index < -0.39 is 6.10 Å². The second-order valence-corrected chi connectivity index (χ2v) is 5.13. The minimum absolute atomic E-state index is 0.0926. The first-order chi connectivity index (χ1) is 8.68. The Bertz CT molecular complexity index is 385. The molecule has 0 aromatic heterocycles. The number of benzene rings is 1. The van der Waals surface area contributed by atoms with Crippen molar-refractivity contribution in [3.05, 3.63) is 35.9 Å². The molecular formula is C15H21NO2. The fourth-order valence-electron chi connectivity index (χ4n) is 2.55. The molecule has 18 heavy (non-hydrogen) atoms. The van der Waals surface area contributed by atoms with E-state index in [1.165, 1.54) is 0 Å². The molecule has 1 aromatic carbocycles. The van der Waals surface area contributed by atoms with E-state index >= 15 is 0 Å². The van der Waals surface area contributed by atoms with Crippen LogP contribution in [0.5, 0.6) is 0 Å². The average molecular weight is 247 g/mol. The summed E-state index contributed by atoms with van der Waals surface area (Å²) >= 11 is 0. The van der Waals surface area contributed by atoms with Crippen molar-refractivity contribution in [3.63, 3.8) is 0 Å².